The summed E-state index contributed by atoms with van der Waals surface area (Å²) in [5.41, 5.74) is 0. The van der Waals surface area contributed by atoms with Crippen molar-refractivity contribution in [2.75, 3.05) is 0 Å². The second kappa shape index (κ2) is 18.2. The van der Waals surface area contributed by atoms with E-state index in [2.05, 4.69) is 7.06 Å². The second-order valence-electron chi connectivity index (χ2n) is 9.43. The van der Waals surface area contributed by atoms with Crippen molar-refractivity contribution in [2.45, 2.75) is 0 Å². The third-order valence-electron chi connectivity index (χ3n) is 6.89. The van der Waals surface area contributed by atoms with Crippen LogP contribution in [0.3, 0.4) is 0 Å². The van der Waals surface area contributed by atoms with E-state index in [0.717, 1.165) is 0 Å². The predicted octanol–water partition coefficient (Wildman–Crippen LogP) is -15.7. The molecule has 0 saturated heterocycles. The molecule has 0 bridgehead atoms. The Labute approximate surface area is 261 Å². The van der Waals surface area contributed by atoms with Crippen molar-refractivity contribution < 1.29 is 0 Å². The monoisotopic (exact) mass is 413 g/mol. The average molecular weight is 406 g/mol. The van der Waals surface area contributed by atoms with Gasteiger partial charge in [0, 0.05) is 0 Å². The van der Waals surface area contributed by atoms with Crippen LogP contribution in [0.15, 0.2) is 0 Å². The van der Waals surface area contributed by atoms with Gasteiger partial charge in [-0.1, -0.05) is 21.9 Å². The highest BCUT2D eigenvalue weighted by Crippen LogP contribution is 2.17. The van der Waals surface area contributed by atoms with Crippen LogP contribution in [0.2, 0.25) is 0 Å². The van der Waals surface area contributed by atoms with Gasteiger partial charge < -0.3 is 0 Å². The van der Waals surface area contributed by atoms with Gasteiger partial charge >= 0.3 is 0 Å². The molecule has 119 valence electrons. The zero-order valence-corrected chi connectivity index (χ0v) is 20.2. The lowest BCUT2D eigenvalue weighted by Gasteiger charge is -2.54. The maximum Gasteiger partial charge on any atom is -0.000000000000169 e. The van der Waals surface area contributed by atoms with Gasteiger partial charge in [-0.15, -0.1) is 6.39 Å². The van der Waals surface area contributed by atoms with Crippen molar-refractivity contribution in [3.05, 3.63) is 0 Å². The van der Waals surface area contributed by atoms with Crippen LogP contribution in [0, 0.1) is 0 Å². The predicted molar refractivity (Wildman–Crippen MR) is 221 cm³/mol. The maximum absolute atomic E-state index is 6.60. The minimum Gasteiger partial charge on any atom is -0.161 e. The molecule has 0 spiro atoms. The first-order valence-corrected chi connectivity index (χ1v) is 11.3. The summed E-state index contributed by atoms with van der Waals surface area (Å²) in [6, 6.07) is 0. The van der Waals surface area contributed by atoms with Crippen LogP contribution >= 0.6 is 0 Å². The highest BCUT2D eigenvalue weighted by Gasteiger charge is 2.54. The molecule has 0 aromatic rings. The fourth-order valence-corrected chi connectivity index (χ4v) is 5.52. The third-order valence-corrected chi connectivity index (χ3v) is 6.89. The van der Waals surface area contributed by atoms with E-state index in [0.29, 0.717) is 0 Å². The van der Waals surface area contributed by atoms with Crippen LogP contribution in [-0.2, 0) is 0 Å². The van der Waals surface area contributed by atoms with Crippen LogP contribution < -0.4 is 0 Å². The largest absolute Gasteiger partial charge is 0.161 e. The SMILES string of the molecule is [B]B([B])B(B([B])[B])B(B([B][BH3-])B([B])[BH3-])B(B(B([B])[B])B([B])[B])B(B(B([B])[B])B([B])[B])B(B([B])[B])B([B])[B]. The number of rotatable bonds is 17. The Morgan fingerprint density at radius 3 is 0.676 bits per heavy atom. The van der Waals surface area contributed by atoms with E-state index in [1.54, 1.807) is 0 Å². The van der Waals surface area contributed by atoms with Gasteiger partial charge in [-0.25, -0.2) is 0 Å². The molecule has 0 fully saturated rings. The Kier molecular flexibility index (Phi) is 19.3. The van der Waals surface area contributed by atoms with E-state index in [-0.39, 0.29) is 28.2 Å². The summed E-state index contributed by atoms with van der Waals surface area (Å²) in [5, 5.41) is 0. The van der Waals surface area contributed by atoms with Crippen LogP contribution in [-0.4, -0.2) is 263 Å². The average Bonchev–Trinajstić information content (AvgIpc) is 2.68. The summed E-state index contributed by atoms with van der Waals surface area (Å²) >= 11 is 0. The summed E-state index contributed by atoms with van der Waals surface area (Å²) in [4.78, 5) is 0. The molecule has 0 rings (SSSR count). The highest BCUT2D eigenvalue weighted by atomic mass is 13.4. The van der Waals surface area contributed by atoms with Gasteiger partial charge in [0.15, 0.2) is 0 Å². The van der Waals surface area contributed by atoms with Gasteiger partial charge in [-0.3, -0.25) is 0 Å². The molecule has 0 saturated carbocycles. The molecule has 0 unspecified atom stereocenters. The summed E-state index contributed by atoms with van der Waals surface area (Å²) in [6.07, 6.45) is -13.9. The summed E-state index contributed by atoms with van der Waals surface area (Å²) < 4.78 is 0. The zero-order chi connectivity index (χ0) is 29.5. The first-order valence-electron chi connectivity index (χ1n) is 11.3. The first kappa shape index (κ1) is 39.4. The minimum atomic E-state index is -1.06. The van der Waals surface area contributed by atoms with Crippen molar-refractivity contribution in [1.82, 2.24) is 0 Å². The molecule has 0 aliphatic heterocycles. The third kappa shape index (κ3) is 10.9. The second-order valence-corrected chi connectivity index (χ2v) is 9.43. The topological polar surface area (TPSA) is 0 Å². The molecule has 0 N–H and O–H groups in total. The Balaban J connectivity index is 7.97. The van der Waals surface area contributed by atoms with E-state index in [9.17, 15) is 0 Å². The fourth-order valence-electron chi connectivity index (χ4n) is 5.52. The normalized spacial score (nSPS) is 9.57. The molecule has 35 radical (unpaired) electrons. The summed E-state index contributed by atoms with van der Waals surface area (Å²) in [6.45, 7) is 0. The van der Waals surface area contributed by atoms with Crippen LogP contribution in [0.4, 0.5) is 0 Å². The van der Waals surface area contributed by atoms with Gasteiger partial charge in [-0.2, -0.15) is 7.06 Å². The molecule has 0 aromatic heterocycles. The highest BCUT2D eigenvalue weighted by molar-refractivity contribution is 8.31. The Morgan fingerprint density at radius 2 is 0.514 bits per heavy atom. The molecule has 0 aliphatic carbocycles. The van der Waals surface area contributed by atoms with E-state index in [1.807, 2.05) is 0 Å². The van der Waals surface area contributed by atoms with Crippen LogP contribution in [0.5, 0.6) is 0 Å². The molecule has 0 atom stereocenters. The smallest absolute Gasteiger partial charge is 0.000000000000169 e. The first-order chi connectivity index (χ1) is 16.8. The maximum atomic E-state index is 6.60. The van der Waals surface area contributed by atoms with Gasteiger partial charge in [0.25, 0.3) is 0 Å². The van der Waals surface area contributed by atoms with Crippen LogP contribution in [0.1, 0.15) is 0 Å². The van der Waals surface area contributed by atoms with E-state index in [4.69, 9.17) is 132 Å². The van der Waals surface area contributed by atoms with Gasteiger partial charge in [0.05, 0.1) is 0 Å². The Bertz CT molecular complexity index is 523. The fraction of sp³-hybridized carbons (Fsp3) is 0. The quantitative estimate of drug-likeness (QED) is 0.211. The molecular formula is H6B37-2. The number of hydrogen-bond acceptors (Lipinski definition) is 0. The Morgan fingerprint density at radius 1 is 0.324 bits per heavy atom. The van der Waals surface area contributed by atoms with Crippen molar-refractivity contribution in [1.29, 1.82) is 0 Å². The van der Waals surface area contributed by atoms with Gasteiger partial charge in [0.1, 0.15) is 0 Å². The van der Waals surface area contributed by atoms with E-state index < -0.39 is 95.8 Å². The lowest BCUT2D eigenvalue weighted by Crippen LogP contribution is -2.91. The Hall–Kier alpha value is 2.40. The summed E-state index contributed by atoms with van der Waals surface area (Å²) in [5.74, 6) is 0. The lowest BCUT2D eigenvalue weighted by molar-refractivity contribution is 3.23. The zero-order valence-electron chi connectivity index (χ0n) is 20.2. The van der Waals surface area contributed by atoms with Crippen molar-refractivity contribution in [3.8, 4) is 0 Å². The molecule has 0 heterocycles. The lowest BCUT2D eigenvalue weighted by atomic mass is 8.28. The van der Waals surface area contributed by atoms with Crippen molar-refractivity contribution in [3.63, 3.8) is 0 Å². The summed E-state index contributed by atoms with van der Waals surface area (Å²) in [7, 11) is 109. The minimum absolute atomic E-state index is 0.151. The molecule has 0 aliphatic rings. The van der Waals surface area contributed by atoms with Crippen molar-refractivity contribution in [2.24, 2.45) is 0 Å². The van der Waals surface area contributed by atoms with E-state index in [1.165, 1.54) is 0 Å². The molecule has 0 aromatic carbocycles. The van der Waals surface area contributed by atoms with Gasteiger partial charge in [0.2, 0.25) is 0 Å². The molecular weight excluding hydrogens is 400 g/mol. The van der Waals surface area contributed by atoms with Crippen LogP contribution in [0.25, 0.3) is 0 Å². The van der Waals surface area contributed by atoms with Gasteiger partial charge in [-0.05, 0) is 227 Å². The van der Waals surface area contributed by atoms with E-state index >= 15 is 0 Å². The molecule has 0 nitrogen and oxygen atoms in total. The molecule has 37 heteroatoms. The molecule has 37 heavy (non-hydrogen) atoms. The number of hydrogen-bond donors (Lipinski definition) is 0. The standard InChI is InChI=1S/B37H6/c1-20-30(21(2)3)35(31(22(4)5)23(6)7)37(34(28(16)17)29(18)19)36(32(24(8)9)25(10)11)33(26(12)13)27(14)15/h1-2H3/q-2. The van der Waals surface area contributed by atoms with Crippen molar-refractivity contribution >= 4 is 263 Å². The molecule has 0 amide bonds.